The minimum Gasteiger partial charge on any atom is -0.462 e. The zero-order valence-electron chi connectivity index (χ0n) is 15.3. The molecule has 1 aliphatic heterocycles. The van der Waals surface area contributed by atoms with Crippen LogP contribution in [0.25, 0.3) is 0 Å². The number of carbonyl (C=O) groups is 2. The van der Waals surface area contributed by atoms with Gasteiger partial charge in [-0.25, -0.2) is 4.79 Å². The number of nitrogens with one attached hydrogen (secondary N) is 1. The van der Waals surface area contributed by atoms with Gasteiger partial charge >= 0.3 is 5.97 Å². The third-order valence-electron chi connectivity index (χ3n) is 4.30. The Labute approximate surface area is 173 Å². The lowest BCUT2D eigenvalue weighted by Gasteiger charge is -2.30. The molecule has 1 aliphatic rings. The Morgan fingerprint density at radius 3 is 2.64 bits per heavy atom. The number of nitrogens with zero attached hydrogens (tertiary/aromatic N) is 1. The number of halogens is 2. The van der Waals surface area contributed by atoms with Crippen LogP contribution in [0.5, 0.6) is 0 Å². The second-order valence-corrected chi connectivity index (χ2v) is 6.89. The Bertz CT molecular complexity index is 883. The summed E-state index contributed by atoms with van der Waals surface area (Å²) in [6, 6.07) is 9.95. The molecule has 0 saturated carbocycles. The van der Waals surface area contributed by atoms with E-state index in [1.54, 1.807) is 43.3 Å². The number of hydrogen-bond acceptors (Lipinski definition) is 5. The number of esters is 1. The molecule has 0 atom stereocenters. The number of carbonyl (C=O) groups excluding carboxylic acids is 2. The van der Waals surface area contributed by atoms with Crippen molar-refractivity contribution in [3.05, 3.63) is 57.6 Å². The molecule has 0 spiro atoms. The second-order valence-electron chi connectivity index (χ2n) is 6.11. The predicted molar refractivity (Wildman–Crippen MR) is 110 cm³/mol. The maximum Gasteiger partial charge on any atom is 0.338 e. The smallest absolute Gasteiger partial charge is 0.338 e. The van der Waals surface area contributed by atoms with Gasteiger partial charge in [-0.05, 0) is 37.3 Å². The fraction of sp³-hybridized carbons (Fsp3) is 0.300. The Hall–Kier alpha value is -2.28. The highest BCUT2D eigenvalue weighted by Crippen LogP contribution is 2.31. The molecule has 0 aliphatic carbocycles. The molecule has 0 radical (unpaired) electrons. The van der Waals surface area contributed by atoms with Gasteiger partial charge in [-0.2, -0.15) is 0 Å². The van der Waals surface area contributed by atoms with Crippen molar-refractivity contribution >= 4 is 46.5 Å². The third-order valence-corrected chi connectivity index (χ3v) is 5.12. The molecule has 0 bridgehead atoms. The monoisotopic (exact) mass is 422 g/mol. The summed E-state index contributed by atoms with van der Waals surface area (Å²) in [6.45, 7) is 4.55. The molecule has 8 heteroatoms. The van der Waals surface area contributed by atoms with Gasteiger partial charge in [-0.15, -0.1) is 0 Å². The van der Waals surface area contributed by atoms with Gasteiger partial charge in [0.1, 0.15) is 0 Å². The Kier molecular flexibility index (Phi) is 6.78. The SMILES string of the molecule is CCOC(=O)c1ccc(N2CCOCC2)c(NC(=O)c2cccc(Cl)c2Cl)c1. The lowest BCUT2D eigenvalue weighted by molar-refractivity contribution is 0.0526. The van der Waals surface area contributed by atoms with Gasteiger partial charge in [0.2, 0.25) is 0 Å². The van der Waals surface area contributed by atoms with E-state index < -0.39 is 11.9 Å². The first-order valence-corrected chi connectivity index (χ1v) is 9.66. The van der Waals surface area contributed by atoms with Gasteiger partial charge in [0.25, 0.3) is 5.91 Å². The molecule has 0 unspecified atom stereocenters. The standard InChI is InChI=1S/C20H20Cl2N2O4/c1-2-28-20(26)13-6-7-17(24-8-10-27-11-9-24)16(12-13)23-19(25)14-4-3-5-15(21)18(14)22/h3-7,12H,2,8-11H2,1H3,(H,23,25). The second kappa shape index (κ2) is 9.28. The first-order valence-electron chi connectivity index (χ1n) is 8.90. The summed E-state index contributed by atoms with van der Waals surface area (Å²) in [5, 5.41) is 3.33. The van der Waals surface area contributed by atoms with E-state index in [0.29, 0.717) is 42.6 Å². The van der Waals surface area contributed by atoms with Crippen LogP contribution < -0.4 is 10.2 Å². The fourth-order valence-electron chi connectivity index (χ4n) is 2.93. The van der Waals surface area contributed by atoms with Crippen LogP contribution in [-0.2, 0) is 9.47 Å². The van der Waals surface area contributed by atoms with Crippen LogP contribution in [0.2, 0.25) is 10.0 Å². The lowest BCUT2D eigenvalue weighted by atomic mass is 10.1. The maximum atomic E-state index is 12.8. The summed E-state index contributed by atoms with van der Waals surface area (Å²) in [4.78, 5) is 27.0. The van der Waals surface area contributed by atoms with E-state index in [2.05, 4.69) is 10.2 Å². The van der Waals surface area contributed by atoms with Crippen molar-refractivity contribution in [2.75, 3.05) is 43.1 Å². The highest BCUT2D eigenvalue weighted by molar-refractivity contribution is 6.44. The van der Waals surface area contributed by atoms with Crippen molar-refractivity contribution in [1.29, 1.82) is 0 Å². The minimum absolute atomic E-state index is 0.177. The Balaban J connectivity index is 1.95. The lowest BCUT2D eigenvalue weighted by Crippen LogP contribution is -2.36. The van der Waals surface area contributed by atoms with E-state index in [-0.39, 0.29) is 17.2 Å². The van der Waals surface area contributed by atoms with Crippen molar-refractivity contribution < 1.29 is 19.1 Å². The van der Waals surface area contributed by atoms with Crippen LogP contribution in [0.1, 0.15) is 27.6 Å². The van der Waals surface area contributed by atoms with Crippen LogP contribution in [0.4, 0.5) is 11.4 Å². The molecule has 0 aromatic heterocycles. The van der Waals surface area contributed by atoms with E-state index in [1.165, 1.54) is 0 Å². The van der Waals surface area contributed by atoms with E-state index >= 15 is 0 Å². The van der Waals surface area contributed by atoms with E-state index in [1.807, 2.05) is 0 Å². The van der Waals surface area contributed by atoms with Gasteiger partial charge < -0.3 is 19.7 Å². The third kappa shape index (κ3) is 4.58. The number of anilines is 2. The number of hydrogen-bond donors (Lipinski definition) is 1. The average Bonchev–Trinajstić information content (AvgIpc) is 2.70. The summed E-state index contributed by atoms with van der Waals surface area (Å²) in [6.07, 6.45) is 0. The molecule has 1 N–H and O–H groups in total. The number of benzene rings is 2. The van der Waals surface area contributed by atoms with Crippen molar-refractivity contribution in [1.82, 2.24) is 0 Å². The van der Waals surface area contributed by atoms with Gasteiger partial charge in [0.05, 0.1) is 52.4 Å². The first kappa shape index (κ1) is 20.5. The Morgan fingerprint density at radius 1 is 1.18 bits per heavy atom. The minimum atomic E-state index is -0.452. The topological polar surface area (TPSA) is 67.9 Å². The van der Waals surface area contributed by atoms with Gasteiger partial charge in [0.15, 0.2) is 0 Å². The number of ether oxygens (including phenoxy) is 2. The summed E-state index contributed by atoms with van der Waals surface area (Å²) in [5.74, 6) is -0.865. The summed E-state index contributed by atoms with van der Waals surface area (Å²) in [5.41, 5.74) is 1.89. The summed E-state index contributed by atoms with van der Waals surface area (Å²) < 4.78 is 10.5. The van der Waals surface area contributed by atoms with Crippen LogP contribution in [0, 0.1) is 0 Å². The van der Waals surface area contributed by atoms with Crippen molar-refractivity contribution in [2.45, 2.75) is 6.92 Å². The van der Waals surface area contributed by atoms with Gasteiger partial charge in [-0.3, -0.25) is 4.79 Å². The van der Waals surface area contributed by atoms with E-state index in [4.69, 9.17) is 32.7 Å². The van der Waals surface area contributed by atoms with Crippen LogP contribution in [0.3, 0.4) is 0 Å². The summed E-state index contributed by atoms with van der Waals surface area (Å²) in [7, 11) is 0. The molecular weight excluding hydrogens is 403 g/mol. The number of rotatable bonds is 5. The van der Waals surface area contributed by atoms with Crippen molar-refractivity contribution in [3.8, 4) is 0 Å². The molecule has 6 nitrogen and oxygen atoms in total. The summed E-state index contributed by atoms with van der Waals surface area (Å²) >= 11 is 12.2. The molecule has 3 rings (SSSR count). The van der Waals surface area contributed by atoms with Crippen molar-refractivity contribution in [3.63, 3.8) is 0 Å². The normalized spacial score (nSPS) is 13.9. The molecule has 148 valence electrons. The fourth-order valence-corrected chi connectivity index (χ4v) is 3.31. The Morgan fingerprint density at radius 2 is 1.93 bits per heavy atom. The molecule has 1 amide bonds. The zero-order valence-corrected chi connectivity index (χ0v) is 16.8. The molecule has 2 aromatic carbocycles. The van der Waals surface area contributed by atoms with Crippen molar-refractivity contribution in [2.24, 2.45) is 0 Å². The molecule has 1 saturated heterocycles. The largest absolute Gasteiger partial charge is 0.462 e. The van der Waals surface area contributed by atoms with E-state index in [0.717, 1.165) is 5.69 Å². The number of amides is 1. The predicted octanol–water partition coefficient (Wildman–Crippen LogP) is 4.26. The van der Waals surface area contributed by atoms with E-state index in [9.17, 15) is 9.59 Å². The van der Waals surface area contributed by atoms with Crippen LogP contribution in [-0.4, -0.2) is 44.8 Å². The zero-order chi connectivity index (χ0) is 20.1. The van der Waals surface area contributed by atoms with Crippen LogP contribution in [0.15, 0.2) is 36.4 Å². The highest BCUT2D eigenvalue weighted by atomic mass is 35.5. The number of morpholine rings is 1. The average molecular weight is 423 g/mol. The molecule has 28 heavy (non-hydrogen) atoms. The van der Waals surface area contributed by atoms with Crippen LogP contribution >= 0.6 is 23.2 Å². The molecule has 1 heterocycles. The molecule has 1 fully saturated rings. The highest BCUT2D eigenvalue weighted by Gasteiger charge is 2.20. The quantitative estimate of drug-likeness (QED) is 0.728. The first-order chi connectivity index (χ1) is 13.5. The maximum absolute atomic E-state index is 12.8. The molecule has 2 aromatic rings. The molecular formula is C20H20Cl2N2O4. The van der Waals surface area contributed by atoms with Gasteiger partial charge in [0, 0.05) is 13.1 Å². The van der Waals surface area contributed by atoms with Gasteiger partial charge in [-0.1, -0.05) is 29.3 Å².